The summed E-state index contributed by atoms with van der Waals surface area (Å²) in [7, 11) is 0. The molecule has 0 aliphatic heterocycles. The third-order valence-electron chi connectivity index (χ3n) is 3.87. The number of fused-ring (bicyclic) bond motifs is 1. The molecule has 0 atom stereocenters. The second kappa shape index (κ2) is 7.80. The lowest BCUT2D eigenvalue weighted by Crippen LogP contribution is -2.12. The van der Waals surface area contributed by atoms with Crippen LogP contribution in [0.1, 0.15) is 24.5 Å². The molecule has 0 heterocycles. The van der Waals surface area contributed by atoms with Gasteiger partial charge in [-0.2, -0.15) is 0 Å². The van der Waals surface area contributed by atoms with Crippen molar-refractivity contribution in [3.05, 3.63) is 77.9 Å². The van der Waals surface area contributed by atoms with Gasteiger partial charge in [-0.3, -0.25) is 0 Å². The lowest BCUT2D eigenvalue weighted by Gasteiger charge is -2.08. The molecule has 0 radical (unpaired) electrons. The van der Waals surface area contributed by atoms with Crippen LogP contribution in [0, 0.1) is 0 Å². The Morgan fingerprint density at radius 3 is 2.26 bits per heavy atom. The van der Waals surface area contributed by atoms with Gasteiger partial charge in [0.25, 0.3) is 0 Å². The first-order chi connectivity index (χ1) is 11.3. The van der Waals surface area contributed by atoms with Crippen molar-refractivity contribution in [3.63, 3.8) is 0 Å². The fourth-order valence-electron chi connectivity index (χ4n) is 2.62. The molecule has 0 spiro atoms. The Morgan fingerprint density at radius 1 is 0.783 bits per heavy atom. The maximum absolute atomic E-state index is 5.60. The molecule has 3 aromatic rings. The quantitative estimate of drug-likeness (QED) is 0.669. The predicted molar refractivity (Wildman–Crippen MR) is 96.7 cm³/mol. The zero-order chi connectivity index (χ0) is 15.9. The highest BCUT2D eigenvalue weighted by molar-refractivity contribution is 5.82. The van der Waals surface area contributed by atoms with E-state index in [9.17, 15) is 0 Å². The molecule has 23 heavy (non-hydrogen) atoms. The maximum Gasteiger partial charge on any atom is 0.119 e. The summed E-state index contributed by atoms with van der Waals surface area (Å²) in [4.78, 5) is 0. The first kappa shape index (κ1) is 15.6. The highest BCUT2D eigenvalue weighted by Crippen LogP contribution is 2.16. The Kier molecular flexibility index (Phi) is 5.28. The summed E-state index contributed by atoms with van der Waals surface area (Å²) in [6.07, 6.45) is 1.04. The monoisotopic (exact) mass is 305 g/mol. The van der Waals surface area contributed by atoms with E-state index in [1.807, 2.05) is 12.1 Å². The SMILES string of the molecule is CCCOc1ccc(CNCc2ccc3ccccc3c2)cc1. The van der Waals surface area contributed by atoms with Gasteiger partial charge in [-0.05, 0) is 46.5 Å². The number of nitrogens with one attached hydrogen (secondary N) is 1. The highest BCUT2D eigenvalue weighted by Gasteiger charge is 1.98. The fraction of sp³-hybridized carbons (Fsp3) is 0.238. The predicted octanol–water partition coefficient (Wildman–Crippen LogP) is 4.92. The van der Waals surface area contributed by atoms with Gasteiger partial charge in [-0.1, -0.05) is 55.5 Å². The minimum Gasteiger partial charge on any atom is -0.494 e. The van der Waals surface area contributed by atoms with Crippen molar-refractivity contribution < 1.29 is 4.74 Å². The van der Waals surface area contributed by atoms with Gasteiger partial charge >= 0.3 is 0 Å². The van der Waals surface area contributed by atoms with Gasteiger partial charge < -0.3 is 10.1 Å². The van der Waals surface area contributed by atoms with Crippen LogP contribution in [-0.2, 0) is 13.1 Å². The molecule has 0 fully saturated rings. The largest absolute Gasteiger partial charge is 0.494 e. The van der Waals surface area contributed by atoms with Crippen LogP contribution in [0.5, 0.6) is 5.75 Å². The van der Waals surface area contributed by atoms with Crippen LogP contribution in [0.4, 0.5) is 0 Å². The molecule has 2 nitrogen and oxygen atoms in total. The van der Waals surface area contributed by atoms with Crippen molar-refractivity contribution in [1.82, 2.24) is 5.32 Å². The van der Waals surface area contributed by atoms with E-state index >= 15 is 0 Å². The van der Waals surface area contributed by atoms with Gasteiger partial charge in [0, 0.05) is 13.1 Å². The van der Waals surface area contributed by atoms with Gasteiger partial charge in [-0.15, -0.1) is 0 Å². The summed E-state index contributed by atoms with van der Waals surface area (Å²) in [6, 6.07) is 23.4. The Balaban J connectivity index is 1.53. The van der Waals surface area contributed by atoms with Crippen LogP contribution in [0.25, 0.3) is 10.8 Å². The summed E-state index contributed by atoms with van der Waals surface area (Å²) >= 11 is 0. The zero-order valence-corrected chi connectivity index (χ0v) is 13.6. The summed E-state index contributed by atoms with van der Waals surface area (Å²) in [5, 5.41) is 6.09. The topological polar surface area (TPSA) is 21.3 Å². The summed E-state index contributed by atoms with van der Waals surface area (Å²) < 4.78 is 5.60. The zero-order valence-electron chi connectivity index (χ0n) is 13.6. The molecule has 3 aromatic carbocycles. The third-order valence-corrected chi connectivity index (χ3v) is 3.87. The molecule has 3 rings (SSSR count). The Morgan fingerprint density at radius 2 is 1.48 bits per heavy atom. The molecule has 0 aliphatic rings. The molecular formula is C21H23NO. The summed E-state index contributed by atoms with van der Waals surface area (Å²) in [5.41, 5.74) is 2.58. The van der Waals surface area contributed by atoms with Crippen LogP contribution in [-0.4, -0.2) is 6.61 Å². The number of ether oxygens (including phenoxy) is 1. The van der Waals surface area contributed by atoms with Gasteiger partial charge in [0.05, 0.1) is 6.61 Å². The number of rotatable bonds is 7. The fourth-order valence-corrected chi connectivity index (χ4v) is 2.62. The first-order valence-corrected chi connectivity index (χ1v) is 8.25. The number of benzene rings is 3. The van der Waals surface area contributed by atoms with Crippen LogP contribution in [0.2, 0.25) is 0 Å². The normalized spacial score (nSPS) is 10.8. The molecule has 2 heteroatoms. The molecule has 0 aliphatic carbocycles. The van der Waals surface area contributed by atoms with Crippen molar-refractivity contribution in [2.45, 2.75) is 26.4 Å². The van der Waals surface area contributed by atoms with Crippen molar-refractivity contribution >= 4 is 10.8 Å². The van der Waals surface area contributed by atoms with Crippen LogP contribution < -0.4 is 10.1 Å². The Hall–Kier alpha value is -2.32. The van der Waals surface area contributed by atoms with Crippen molar-refractivity contribution in [2.75, 3.05) is 6.61 Å². The summed E-state index contributed by atoms with van der Waals surface area (Å²) in [5.74, 6) is 0.949. The van der Waals surface area contributed by atoms with E-state index in [1.54, 1.807) is 0 Å². The van der Waals surface area contributed by atoms with E-state index in [-0.39, 0.29) is 0 Å². The second-order valence-electron chi connectivity index (χ2n) is 5.78. The Labute approximate surface area is 138 Å². The minimum absolute atomic E-state index is 0.777. The molecule has 0 aromatic heterocycles. The van der Waals surface area contributed by atoms with E-state index in [0.29, 0.717) is 0 Å². The van der Waals surface area contributed by atoms with E-state index < -0.39 is 0 Å². The van der Waals surface area contributed by atoms with Crippen LogP contribution >= 0.6 is 0 Å². The van der Waals surface area contributed by atoms with E-state index in [4.69, 9.17) is 4.74 Å². The highest BCUT2D eigenvalue weighted by atomic mass is 16.5. The Bertz CT molecular complexity index is 749. The van der Waals surface area contributed by atoms with Gasteiger partial charge in [0.1, 0.15) is 5.75 Å². The van der Waals surface area contributed by atoms with Crippen LogP contribution in [0.15, 0.2) is 66.7 Å². The van der Waals surface area contributed by atoms with Crippen LogP contribution in [0.3, 0.4) is 0 Å². The van der Waals surface area contributed by atoms with E-state index in [0.717, 1.165) is 31.9 Å². The average Bonchev–Trinajstić information content (AvgIpc) is 2.61. The molecule has 1 N–H and O–H groups in total. The maximum atomic E-state index is 5.60. The van der Waals surface area contributed by atoms with E-state index in [2.05, 4.69) is 66.8 Å². The van der Waals surface area contributed by atoms with Crippen molar-refractivity contribution in [1.29, 1.82) is 0 Å². The van der Waals surface area contributed by atoms with Gasteiger partial charge in [0.2, 0.25) is 0 Å². The molecule has 0 amide bonds. The molecule has 0 saturated carbocycles. The first-order valence-electron chi connectivity index (χ1n) is 8.25. The van der Waals surface area contributed by atoms with Crippen molar-refractivity contribution in [3.8, 4) is 5.75 Å². The second-order valence-corrected chi connectivity index (χ2v) is 5.78. The third kappa shape index (κ3) is 4.33. The van der Waals surface area contributed by atoms with E-state index in [1.165, 1.54) is 21.9 Å². The average molecular weight is 305 g/mol. The van der Waals surface area contributed by atoms with Gasteiger partial charge in [0.15, 0.2) is 0 Å². The standard InChI is InChI=1S/C21H23NO/c1-2-13-23-21-11-8-17(9-12-21)15-22-16-18-7-10-19-5-3-4-6-20(19)14-18/h3-12,14,22H,2,13,15-16H2,1H3. The summed E-state index contributed by atoms with van der Waals surface area (Å²) in [6.45, 7) is 4.63. The molecule has 0 unspecified atom stereocenters. The van der Waals surface area contributed by atoms with Gasteiger partial charge in [-0.25, -0.2) is 0 Å². The molecule has 0 saturated heterocycles. The molecular weight excluding hydrogens is 282 g/mol. The lowest BCUT2D eigenvalue weighted by molar-refractivity contribution is 0.317. The lowest BCUT2D eigenvalue weighted by atomic mass is 10.1. The molecule has 0 bridgehead atoms. The smallest absolute Gasteiger partial charge is 0.119 e. The minimum atomic E-state index is 0.777. The number of hydrogen-bond acceptors (Lipinski definition) is 2. The molecule has 118 valence electrons. The number of hydrogen-bond donors (Lipinski definition) is 1. The van der Waals surface area contributed by atoms with Crippen molar-refractivity contribution in [2.24, 2.45) is 0 Å².